The Morgan fingerprint density at radius 2 is 2.23 bits per heavy atom. The van der Waals surface area contributed by atoms with Crippen molar-refractivity contribution in [1.29, 1.82) is 0 Å². The molecule has 0 bridgehead atoms. The highest BCUT2D eigenvalue weighted by atomic mass is 35.5. The van der Waals surface area contributed by atoms with Gasteiger partial charge in [0.2, 0.25) is 0 Å². The summed E-state index contributed by atoms with van der Waals surface area (Å²) in [5.74, 6) is 1.73. The fourth-order valence-electron chi connectivity index (χ4n) is 1.33. The zero-order valence-electron chi connectivity index (χ0n) is 6.90. The van der Waals surface area contributed by atoms with Gasteiger partial charge < -0.3 is 4.98 Å². The molecule has 1 N–H and O–H groups in total. The molecule has 4 nitrogen and oxygen atoms in total. The zero-order chi connectivity index (χ0) is 7.97. The first-order valence-electron chi connectivity index (χ1n) is 4.09. The molecule has 68 valence electrons. The van der Waals surface area contributed by atoms with Gasteiger partial charge in [0.05, 0.1) is 6.20 Å². The molecule has 0 atom stereocenters. The van der Waals surface area contributed by atoms with E-state index in [4.69, 9.17) is 0 Å². The van der Waals surface area contributed by atoms with Crippen LogP contribution in [0.15, 0.2) is 12.5 Å². The monoisotopic (exact) mass is 196 g/mol. The Bertz CT molecular complexity index is 388. The Kier molecular flexibility index (Phi) is 1.92. The first kappa shape index (κ1) is 8.44. The summed E-state index contributed by atoms with van der Waals surface area (Å²) in [7, 11) is 0. The van der Waals surface area contributed by atoms with Gasteiger partial charge in [-0.1, -0.05) is 0 Å². The van der Waals surface area contributed by atoms with Crippen molar-refractivity contribution in [2.45, 2.75) is 18.8 Å². The Hall–Kier alpha value is -1.16. The number of imidazole rings is 1. The van der Waals surface area contributed by atoms with E-state index in [0.717, 1.165) is 17.0 Å². The molecule has 3 rings (SSSR count). The molecule has 5 heteroatoms. The van der Waals surface area contributed by atoms with Crippen LogP contribution < -0.4 is 0 Å². The molecule has 1 saturated carbocycles. The number of halogens is 1. The second kappa shape index (κ2) is 2.96. The number of hydrogen-bond acceptors (Lipinski definition) is 3. The van der Waals surface area contributed by atoms with Crippen LogP contribution in [0.1, 0.15) is 24.6 Å². The highest BCUT2D eigenvalue weighted by Crippen LogP contribution is 2.38. The molecule has 1 aliphatic carbocycles. The Labute approximate surface area is 81.2 Å². The minimum absolute atomic E-state index is 0. The summed E-state index contributed by atoms with van der Waals surface area (Å²) >= 11 is 0. The second-order valence-electron chi connectivity index (χ2n) is 3.16. The summed E-state index contributed by atoms with van der Waals surface area (Å²) in [6, 6.07) is 0. The van der Waals surface area contributed by atoms with E-state index in [-0.39, 0.29) is 12.4 Å². The lowest BCUT2D eigenvalue weighted by molar-refractivity contribution is 0.983. The van der Waals surface area contributed by atoms with Crippen molar-refractivity contribution in [3.8, 4) is 0 Å². The maximum atomic E-state index is 4.37. The van der Waals surface area contributed by atoms with E-state index in [0.29, 0.717) is 5.92 Å². The maximum Gasteiger partial charge on any atom is 0.180 e. The molecule has 0 unspecified atom stereocenters. The third-order valence-corrected chi connectivity index (χ3v) is 2.14. The van der Waals surface area contributed by atoms with Crippen molar-refractivity contribution in [2.75, 3.05) is 0 Å². The van der Waals surface area contributed by atoms with Gasteiger partial charge in [-0.2, -0.15) is 0 Å². The van der Waals surface area contributed by atoms with E-state index in [1.165, 1.54) is 19.2 Å². The molecule has 0 aliphatic heterocycles. The lowest BCUT2D eigenvalue weighted by Gasteiger charge is -1.83. The number of H-pyrrole nitrogens is 1. The van der Waals surface area contributed by atoms with Crippen molar-refractivity contribution >= 4 is 23.6 Å². The van der Waals surface area contributed by atoms with Crippen LogP contribution >= 0.6 is 12.4 Å². The normalized spacial score (nSPS) is 15.7. The standard InChI is InChI=1S/C8H8N4.ClH/c1-2-5(1)7-11-6-3-9-4-10-8(6)12-7;/h3-5H,1-2H2,(H,9,10,11,12);1H. The fraction of sp³-hybridized carbons (Fsp3) is 0.375. The van der Waals surface area contributed by atoms with Crippen molar-refractivity contribution in [2.24, 2.45) is 0 Å². The number of nitrogens with zero attached hydrogens (tertiary/aromatic N) is 3. The van der Waals surface area contributed by atoms with Crippen molar-refractivity contribution < 1.29 is 0 Å². The first-order valence-corrected chi connectivity index (χ1v) is 4.09. The van der Waals surface area contributed by atoms with Crippen LogP contribution in [0.25, 0.3) is 11.2 Å². The van der Waals surface area contributed by atoms with Gasteiger partial charge in [0.15, 0.2) is 5.65 Å². The molecule has 2 aromatic rings. The van der Waals surface area contributed by atoms with Gasteiger partial charge in [-0.15, -0.1) is 12.4 Å². The van der Waals surface area contributed by atoms with Crippen molar-refractivity contribution in [3.63, 3.8) is 0 Å². The molecule has 2 aromatic heterocycles. The summed E-state index contributed by atoms with van der Waals surface area (Å²) in [5, 5.41) is 0. The van der Waals surface area contributed by atoms with E-state index in [1.54, 1.807) is 6.20 Å². The molecular formula is C8H9ClN4. The predicted molar refractivity (Wildman–Crippen MR) is 50.9 cm³/mol. The molecule has 0 spiro atoms. The summed E-state index contributed by atoms with van der Waals surface area (Å²) < 4.78 is 0. The van der Waals surface area contributed by atoms with Gasteiger partial charge in [0.25, 0.3) is 0 Å². The van der Waals surface area contributed by atoms with Gasteiger partial charge in [0.1, 0.15) is 17.7 Å². The highest BCUT2D eigenvalue weighted by Gasteiger charge is 2.26. The van der Waals surface area contributed by atoms with Crippen LogP contribution in [-0.2, 0) is 0 Å². The molecule has 1 aliphatic rings. The Balaban J connectivity index is 0.000000653. The summed E-state index contributed by atoms with van der Waals surface area (Å²) in [6.07, 6.45) is 5.81. The SMILES string of the molecule is Cl.c1ncc2[nH]c(C3CC3)nc2n1. The van der Waals surface area contributed by atoms with E-state index in [9.17, 15) is 0 Å². The predicted octanol–water partition coefficient (Wildman–Crippen LogP) is 1.65. The first-order chi connectivity index (χ1) is 5.93. The molecular weight excluding hydrogens is 188 g/mol. The minimum Gasteiger partial charge on any atom is -0.339 e. The fourth-order valence-corrected chi connectivity index (χ4v) is 1.33. The number of aromatic nitrogens is 4. The van der Waals surface area contributed by atoms with Gasteiger partial charge in [0, 0.05) is 5.92 Å². The van der Waals surface area contributed by atoms with Crippen LogP contribution in [0.2, 0.25) is 0 Å². The number of aromatic amines is 1. The van der Waals surface area contributed by atoms with Gasteiger partial charge in [-0.25, -0.2) is 15.0 Å². The van der Waals surface area contributed by atoms with Gasteiger partial charge in [-0.3, -0.25) is 0 Å². The van der Waals surface area contributed by atoms with E-state index in [2.05, 4.69) is 19.9 Å². The van der Waals surface area contributed by atoms with Crippen molar-refractivity contribution in [1.82, 2.24) is 19.9 Å². The number of nitrogens with one attached hydrogen (secondary N) is 1. The largest absolute Gasteiger partial charge is 0.339 e. The van der Waals surface area contributed by atoms with Crippen molar-refractivity contribution in [3.05, 3.63) is 18.3 Å². The van der Waals surface area contributed by atoms with E-state index < -0.39 is 0 Å². The molecule has 0 saturated heterocycles. The summed E-state index contributed by atoms with van der Waals surface area (Å²) in [6.45, 7) is 0. The van der Waals surface area contributed by atoms with Crippen LogP contribution in [0, 0.1) is 0 Å². The topological polar surface area (TPSA) is 54.5 Å². The van der Waals surface area contributed by atoms with Gasteiger partial charge >= 0.3 is 0 Å². The second-order valence-corrected chi connectivity index (χ2v) is 3.16. The van der Waals surface area contributed by atoms with Crippen LogP contribution in [-0.4, -0.2) is 19.9 Å². The molecule has 0 radical (unpaired) electrons. The van der Waals surface area contributed by atoms with Crippen LogP contribution in [0.4, 0.5) is 0 Å². The lowest BCUT2D eigenvalue weighted by atomic mass is 10.4. The Morgan fingerprint density at radius 3 is 2.92 bits per heavy atom. The number of rotatable bonds is 1. The lowest BCUT2D eigenvalue weighted by Crippen LogP contribution is -1.79. The van der Waals surface area contributed by atoms with Gasteiger partial charge in [-0.05, 0) is 12.8 Å². The average molecular weight is 197 g/mol. The zero-order valence-corrected chi connectivity index (χ0v) is 7.71. The minimum atomic E-state index is 0. The number of fused-ring (bicyclic) bond motifs is 1. The third-order valence-electron chi connectivity index (χ3n) is 2.14. The molecule has 13 heavy (non-hydrogen) atoms. The maximum absolute atomic E-state index is 4.37. The molecule has 2 heterocycles. The molecule has 1 fully saturated rings. The number of hydrogen-bond donors (Lipinski definition) is 1. The summed E-state index contributed by atoms with van der Waals surface area (Å²) in [5.41, 5.74) is 1.73. The summed E-state index contributed by atoms with van der Waals surface area (Å²) in [4.78, 5) is 15.6. The smallest absolute Gasteiger partial charge is 0.180 e. The highest BCUT2D eigenvalue weighted by molar-refractivity contribution is 5.85. The van der Waals surface area contributed by atoms with E-state index in [1.807, 2.05) is 0 Å². The Morgan fingerprint density at radius 1 is 1.38 bits per heavy atom. The van der Waals surface area contributed by atoms with Crippen LogP contribution in [0.3, 0.4) is 0 Å². The third kappa shape index (κ3) is 1.37. The average Bonchev–Trinajstić information content (AvgIpc) is 2.85. The quantitative estimate of drug-likeness (QED) is 0.755. The molecule has 0 amide bonds. The van der Waals surface area contributed by atoms with Crippen LogP contribution in [0.5, 0.6) is 0 Å². The van der Waals surface area contributed by atoms with E-state index >= 15 is 0 Å². The molecule has 0 aromatic carbocycles.